The molecule has 1 amide bonds. The van der Waals surface area contributed by atoms with E-state index in [1.165, 1.54) is 6.92 Å². The molecule has 0 radical (unpaired) electrons. The zero-order valence-electron chi connectivity index (χ0n) is 10.8. The Balaban J connectivity index is 4.33. The van der Waals surface area contributed by atoms with Gasteiger partial charge in [-0.3, -0.25) is 0 Å². The van der Waals surface area contributed by atoms with Crippen LogP contribution in [0.15, 0.2) is 22.0 Å². The van der Waals surface area contributed by atoms with Gasteiger partial charge in [0.05, 0.1) is 12.3 Å². The first-order valence-corrected chi connectivity index (χ1v) is 5.24. The normalized spacial score (nSPS) is 12.6. The van der Waals surface area contributed by atoms with Gasteiger partial charge in [-0.2, -0.15) is 0 Å². The number of esters is 1. The monoisotopic (exact) mass is 242 g/mol. The predicted molar refractivity (Wildman–Crippen MR) is 61.5 cm³/mol. The number of rotatable bonds is 3. The maximum absolute atomic E-state index is 11.1. The predicted octanol–water partition coefficient (Wildman–Crippen LogP) is 2.84. The Labute approximate surface area is 101 Å². The van der Waals surface area contributed by atoms with Crippen molar-refractivity contribution in [3.8, 4) is 0 Å². The summed E-state index contributed by atoms with van der Waals surface area (Å²) in [6.07, 6.45) is 0.353. The van der Waals surface area contributed by atoms with E-state index in [0.29, 0.717) is 0 Å². The van der Waals surface area contributed by atoms with E-state index in [4.69, 9.17) is 4.74 Å². The average Bonchev–Trinajstić information content (AvgIpc) is 2.12. The molecule has 0 aliphatic heterocycles. The van der Waals surface area contributed by atoms with Crippen molar-refractivity contribution < 1.29 is 19.1 Å². The molecule has 6 heteroatoms. The molecule has 0 atom stereocenters. The van der Waals surface area contributed by atoms with Crippen LogP contribution >= 0.6 is 0 Å². The summed E-state index contributed by atoms with van der Waals surface area (Å²) in [5, 5.41) is 6.85. The van der Waals surface area contributed by atoms with Crippen LogP contribution in [0.4, 0.5) is 4.79 Å². The second-order valence-electron chi connectivity index (χ2n) is 4.22. The Bertz CT molecular complexity index is 340. The summed E-state index contributed by atoms with van der Waals surface area (Å²) in [6.45, 7) is 8.69. The van der Waals surface area contributed by atoms with Crippen LogP contribution in [0.1, 0.15) is 34.6 Å². The topological polar surface area (TPSA) is 77.3 Å². The van der Waals surface area contributed by atoms with E-state index in [0.717, 1.165) is 6.08 Å². The minimum absolute atomic E-state index is 0.273. The van der Waals surface area contributed by atoms with Gasteiger partial charge in [-0.05, 0) is 34.6 Å². The third-order valence-corrected chi connectivity index (χ3v) is 1.30. The number of nitrogens with zero attached hydrogens (tertiary/aromatic N) is 2. The Morgan fingerprint density at radius 2 is 1.82 bits per heavy atom. The largest absolute Gasteiger partial charge is 0.463 e. The van der Waals surface area contributed by atoms with E-state index in [1.54, 1.807) is 27.7 Å². The van der Waals surface area contributed by atoms with Crippen molar-refractivity contribution in [2.45, 2.75) is 40.2 Å². The molecule has 17 heavy (non-hydrogen) atoms. The molecule has 96 valence electrons. The molecule has 0 heterocycles. The fourth-order valence-electron chi connectivity index (χ4n) is 0.785. The van der Waals surface area contributed by atoms with Crippen LogP contribution in [0.3, 0.4) is 0 Å². The average molecular weight is 242 g/mol. The van der Waals surface area contributed by atoms with Crippen LogP contribution in [-0.2, 0) is 14.3 Å². The maximum atomic E-state index is 11.1. The first-order chi connectivity index (χ1) is 7.74. The molecule has 0 rings (SSSR count). The van der Waals surface area contributed by atoms with Crippen molar-refractivity contribution in [2.75, 3.05) is 6.61 Å². The smallest absolute Gasteiger partial charge is 0.452 e. The van der Waals surface area contributed by atoms with Crippen molar-refractivity contribution in [1.29, 1.82) is 0 Å². The maximum Gasteiger partial charge on any atom is 0.452 e. The lowest BCUT2D eigenvalue weighted by Crippen LogP contribution is -2.21. The number of ether oxygens (including phenoxy) is 2. The van der Waals surface area contributed by atoms with E-state index in [2.05, 4.69) is 15.0 Å². The molecular weight excluding hydrogens is 224 g/mol. The lowest BCUT2D eigenvalue weighted by Gasteiger charge is -2.16. The molecule has 0 saturated heterocycles. The Kier molecular flexibility index (Phi) is 6.09. The SMILES string of the molecule is CCOC(=O)/C=C(\C)N=NC(=O)OC(C)(C)C. The van der Waals surface area contributed by atoms with E-state index in [1.807, 2.05) is 0 Å². The zero-order chi connectivity index (χ0) is 13.5. The Hall–Kier alpha value is -1.72. The van der Waals surface area contributed by atoms with E-state index in [9.17, 15) is 9.59 Å². The van der Waals surface area contributed by atoms with Gasteiger partial charge in [0.25, 0.3) is 0 Å². The van der Waals surface area contributed by atoms with Gasteiger partial charge >= 0.3 is 12.1 Å². The van der Waals surface area contributed by atoms with Crippen molar-refractivity contribution in [3.63, 3.8) is 0 Å². The number of carbonyl (C=O) groups excluding carboxylic acids is 2. The molecule has 0 aromatic carbocycles. The van der Waals surface area contributed by atoms with Crippen LogP contribution in [0.25, 0.3) is 0 Å². The Morgan fingerprint density at radius 3 is 2.29 bits per heavy atom. The highest BCUT2D eigenvalue weighted by Gasteiger charge is 2.15. The fraction of sp³-hybridized carbons (Fsp3) is 0.636. The lowest BCUT2D eigenvalue weighted by molar-refractivity contribution is -0.137. The first kappa shape index (κ1) is 15.3. The van der Waals surface area contributed by atoms with Gasteiger partial charge < -0.3 is 9.47 Å². The third kappa shape index (κ3) is 9.22. The number of hydrogen-bond donors (Lipinski definition) is 0. The molecule has 6 nitrogen and oxygen atoms in total. The molecular formula is C11H18N2O4. The minimum Gasteiger partial charge on any atom is -0.463 e. The Morgan fingerprint density at radius 1 is 1.24 bits per heavy atom. The fourth-order valence-corrected chi connectivity index (χ4v) is 0.785. The molecule has 0 fully saturated rings. The second kappa shape index (κ2) is 6.78. The van der Waals surface area contributed by atoms with Crippen molar-refractivity contribution in [1.82, 2.24) is 0 Å². The lowest BCUT2D eigenvalue weighted by atomic mass is 10.2. The zero-order valence-corrected chi connectivity index (χ0v) is 10.8. The van der Waals surface area contributed by atoms with Gasteiger partial charge in [0, 0.05) is 6.08 Å². The van der Waals surface area contributed by atoms with Gasteiger partial charge in [-0.1, -0.05) is 5.11 Å². The van der Waals surface area contributed by atoms with Gasteiger partial charge in [-0.25, -0.2) is 9.59 Å². The van der Waals surface area contributed by atoms with Crippen LogP contribution < -0.4 is 0 Å². The summed E-state index contributed by atoms with van der Waals surface area (Å²) < 4.78 is 9.56. The van der Waals surface area contributed by atoms with Gasteiger partial charge in [0.15, 0.2) is 0 Å². The van der Waals surface area contributed by atoms with Crippen molar-refractivity contribution >= 4 is 12.1 Å². The van der Waals surface area contributed by atoms with Gasteiger partial charge in [0.2, 0.25) is 0 Å². The second-order valence-corrected chi connectivity index (χ2v) is 4.22. The number of azo groups is 1. The van der Waals surface area contributed by atoms with Crippen LogP contribution in [0.5, 0.6) is 0 Å². The number of allylic oxidation sites excluding steroid dienone is 1. The first-order valence-electron chi connectivity index (χ1n) is 5.24. The molecule has 0 aromatic rings. The summed E-state index contributed by atoms with van der Waals surface area (Å²) in [4.78, 5) is 22.2. The van der Waals surface area contributed by atoms with Gasteiger partial charge in [0.1, 0.15) is 5.60 Å². The van der Waals surface area contributed by atoms with Crippen molar-refractivity contribution in [2.24, 2.45) is 10.2 Å². The highest BCUT2D eigenvalue weighted by atomic mass is 16.6. The van der Waals surface area contributed by atoms with E-state index >= 15 is 0 Å². The quantitative estimate of drug-likeness (QED) is 0.433. The number of hydrogen-bond acceptors (Lipinski definition) is 5. The standard InChI is InChI=1S/C11H18N2O4/c1-6-16-9(14)7-8(2)12-13-10(15)17-11(3,4)5/h7H,6H2,1-5H3/b8-7+,13-12?. The summed E-state index contributed by atoms with van der Waals surface area (Å²) >= 11 is 0. The number of amides is 1. The third-order valence-electron chi connectivity index (χ3n) is 1.30. The molecule has 0 aliphatic carbocycles. The highest BCUT2D eigenvalue weighted by Crippen LogP contribution is 2.08. The summed E-state index contributed by atoms with van der Waals surface area (Å²) in [5.74, 6) is -0.520. The molecule has 0 N–H and O–H groups in total. The van der Waals surface area contributed by atoms with Crippen LogP contribution in [0, 0.1) is 0 Å². The van der Waals surface area contributed by atoms with E-state index < -0.39 is 17.7 Å². The summed E-state index contributed by atoms with van der Waals surface area (Å²) in [6, 6.07) is 0. The number of carbonyl (C=O) groups is 2. The molecule has 0 bridgehead atoms. The van der Waals surface area contributed by atoms with Crippen LogP contribution in [0.2, 0.25) is 0 Å². The highest BCUT2D eigenvalue weighted by molar-refractivity contribution is 5.82. The molecule has 0 aliphatic rings. The van der Waals surface area contributed by atoms with Gasteiger partial charge in [-0.15, -0.1) is 5.11 Å². The molecule has 0 saturated carbocycles. The molecule has 0 spiro atoms. The summed E-state index contributed by atoms with van der Waals surface area (Å²) in [7, 11) is 0. The molecule has 0 unspecified atom stereocenters. The van der Waals surface area contributed by atoms with E-state index in [-0.39, 0.29) is 12.3 Å². The molecule has 0 aromatic heterocycles. The van der Waals surface area contributed by atoms with Crippen LogP contribution in [-0.4, -0.2) is 24.3 Å². The summed E-state index contributed by atoms with van der Waals surface area (Å²) in [5.41, 5.74) is -0.344. The minimum atomic E-state index is -0.797. The van der Waals surface area contributed by atoms with Crippen molar-refractivity contribution in [3.05, 3.63) is 11.8 Å².